The van der Waals surface area contributed by atoms with Crippen molar-refractivity contribution in [1.82, 2.24) is 20.3 Å². The van der Waals surface area contributed by atoms with Crippen LogP contribution in [0.1, 0.15) is 38.2 Å². The van der Waals surface area contributed by atoms with E-state index in [4.69, 9.17) is 0 Å². The minimum Gasteiger partial charge on any atom is -0.337 e. The molecule has 9 nitrogen and oxygen atoms in total. The summed E-state index contributed by atoms with van der Waals surface area (Å²) in [5, 5.41) is 6.76. The number of nitrogens with one attached hydrogen (secondary N) is 3. The molecule has 200 valence electrons. The Morgan fingerprint density at radius 1 is 1.00 bits per heavy atom. The van der Waals surface area contributed by atoms with E-state index < -0.39 is 16.1 Å². The van der Waals surface area contributed by atoms with Crippen LogP contribution in [0.3, 0.4) is 0 Å². The average Bonchev–Trinajstić information content (AvgIpc) is 3.52. The molecule has 5 rings (SSSR count). The van der Waals surface area contributed by atoms with Crippen molar-refractivity contribution in [1.29, 1.82) is 0 Å². The monoisotopic (exact) mass is 535 g/mol. The SMILES string of the molecule is CCN(C(=O)NCCc1ccc(S(=O)(=O)NC(=O)NC2CC3CCC2C3)cc1)c1ccc2ccccc2n1. The van der Waals surface area contributed by atoms with Crippen LogP contribution in [0.2, 0.25) is 0 Å². The number of para-hydroxylation sites is 1. The van der Waals surface area contributed by atoms with Gasteiger partial charge in [-0.15, -0.1) is 0 Å². The van der Waals surface area contributed by atoms with Crippen molar-refractivity contribution in [2.75, 3.05) is 18.0 Å². The zero-order valence-corrected chi connectivity index (χ0v) is 22.2. The summed E-state index contributed by atoms with van der Waals surface area (Å²) < 4.78 is 27.5. The van der Waals surface area contributed by atoms with Crippen LogP contribution in [0, 0.1) is 11.8 Å². The predicted molar refractivity (Wildman–Crippen MR) is 146 cm³/mol. The van der Waals surface area contributed by atoms with Gasteiger partial charge in [0.15, 0.2) is 0 Å². The molecule has 0 radical (unpaired) electrons. The Hall–Kier alpha value is -3.66. The number of urea groups is 2. The van der Waals surface area contributed by atoms with Crippen molar-refractivity contribution in [3.8, 4) is 0 Å². The van der Waals surface area contributed by atoms with Gasteiger partial charge in [-0.1, -0.05) is 36.8 Å². The van der Waals surface area contributed by atoms with Crippen LogP contribution in [-0.2, 0) is 16.4 Å². The van der Waals surface area contributed by atoms with E-state index in [1.165, 1.54) is 18.6 Å². The molecule has 0 saturated heterocycles. The van der Waals surface area contributed by atoms with Gasteiger partial charge in [-0.3, -0.25) is 4.90 Å². The fourth-order valence-corrected chi connectivity index (χ4v) is 6.58. The molecule has 3 unspecified atom stereocenters. The highest BCUT2D eigenvalue weighted by molar-refractivity contribution is 7.90. The van der Waals surface area contributed by atoms with Crippen molar-refractivity contribution in [3.63, 3.8) is 0 Å². The molecule has 2 fully saturated rings. The van der Waals surface area contributed by atoms with Gasteiger partial charge in [0.25, 0.3) is 10.0 Å². The maximum Gasteiger partial charge on any atom is 0.328 e. The number of benzene rings is 2. The van der Waals surface area contributed by atoms with Gasteiger partial charge in [0, 0.05) is 24.5 Å². The highest BCUT2D eigenvalue weighted by Gasteiger charge is 2.40. The fourth-order valence-electron chi connectivity index (χ4n) is 5.66. The number of pyridine rings is 1. The van der Waals surface area contributed by atoms with Crippen molar-refractivity contribution in [2.24, 2.45) is 11.8 Å². The van der Waals surface area contributed by atoms with Gasteiger partial charge in [0.05, 0.1) is 10.4 Å². The molecule has 2 bridgehead atoms. The van der Waals surface area contributed by atoms with Gasteiger partial charge in [-0.25, -0.2) is 27.7 Å². The first-order chi connectivity index (χ1) is 18.3. The number of carbonyl (C=O) groups excluding carboxylic acids is 2. The van der Waals surface area contributed by atoms with Crippen LogP contribution < -0.4 is 20.3 Å². The molecule has 10 heteroatoms. The lowest BCUT2D eigenvalue weighted by Crippen LogP contribution is -2.46. The summed E-state index contributed by atoms with van der Waals surface area (Å²) in [6.45, 7) is 2.73. The first kappa shape index (κ1) is 26.0. The van der Waals surface area contributed by atoms with Crippen molar-refractivity contribution in [3.05, 3.63) is 66.2 Å². The molecule has 4 amide bonds. The molecule has 0 spiro atoms. The second-order valence-electron chi connectivity index (χ2n) is 10.1. The van der Waals surface area contributed by atoms with Gasteiger partial charge < -0.3 is 10.6 Å². The Morgan fingerprint density at radius 2 is 1.79 bits per heavy atom. The number of aromatic nitrogens is 1. The number of sulfonamides is 1. The lowest BCUT2D eigenvalue weighted by molar-refractivity contribution is 0.235. The van der Waals surface area contributed by atoms with E-state index in [0.717, 1.165) is 35.7 Å². The molecular formula is C28H33N5O4S. The number of hydrogen-bond donors (Lipinski definition) is 3. The normalized spacial score (nSPS) is 20.3. The average molecular weight is 536 g/mol. The van der Waals surface area contributed by atoms with E-state index >= 15 is 0 Å². The first-order valence-electron chi connectivity index (χ1n) is 13.2. The highest BCUT2D eigenvalue weighted by atomic mass is 32.2. The molecule has 3 aromatic rings. The van der Waals surface area contributed by atoms with Crippen LogP contribution in [0.4, 0.5) is 15.4 Å². The number of amides is 4. The number of rotatable bonds is 8. The number of anilines is 1. The van der Waals surface area contributed by atoms with Crippen molar-refractivity contribution < 1.29 is 18.0 Å². The van der Waals surface area contributed by atoms with Gasteiger partial charge in [-0.2, -0.15) is 0 Å². The lowest BCUT2D eigenvalue weighted by atomic mass is 9.96. The first-order valence-corrected chi connectivity index (χ1v) is 14.6. The van der Waals surface area contributed by atoms with Crippen LogP contribution in [0.25, 0.3) is 10.9 Å². The predicted octanol–water partition coefficient (Wildman–Crippen LogP) is 4.19. The Kier molecular flexibility index (Phi) is 7.51. The number of fused-ring (bicyclic) bond motifs is 3. The van der Waals surface area contributed by atoms with Gasteiger partial charge in [0.1, 0.15) is 5.82 Å². The Labute approximate surface area is 223 Å². The summed E-state index contributed by atoms with van der Waals surface area (Å²) in [5.74, 6) is 1.69. The van der Waals surface area contributed by atoms with Crippen LogP contribution in [0.5, 0.6) is 0 Å². The molecule has 3 N–H and O–H groups in total. The summed E-state index contributed by atoms with van der Waals surface area (Å²) in [6, 6.07) is 17.0. The van der Waals surface area contributed by atoms with Gasteiger partial charge >= 0.3 is 12.1 Å². The van der Waals surface area contributed by atoms with Gasteiger partial charge in [0.2, 0.25) is 0 Å². The largest absolute Gasteiger partial charge is 0.337 e. The minimum atomic E-state index is -3.97. The molecule has 1 heterocycles. The van der Waals surface area contributed by atoms with Crippen LogP contribution in [-0.4, -0.2) is 44.6 Å². The molecule has 3 atom stereocenters. The van der Waals surface area contributed by atoms with E-state index in [0.29, 0.717) is 37.2 Å². The summed E-state index contributed by atoms with van der Waals surface area (Å²) in [7, 11) is -3.97. The third-order valence-electron chi connectivity index (χ3n) is 7.63. The Bertz CT molecular complexity index is 1430. The van der Waals surface area contributed by atoms with Crippen LogP contribution >= 0.6 is 0 Å². The Balaban J connectivity index is 1.12. The molecule has 2 aliphatic carbocycles. The highest BCUT2D eigenvalue weighted by Crippen LogP contribution is 2.44. The molecule has 2 aliphatic rings. The molecule has 2 aromatic carbocycles. The maximum absolute atomic E-state index is 12.8. The second-order valence-corrected chi connectivity index (χ2v) is 11.8. The van der Waals surface area contributed by atoms with Gasteiger partial charge in [-0.05, 0) is 80.3 Å². The zero-order chi connectivity index (χ0) is 26.7. The zero-order valence-electron chi connectivity index (χ0n) is 21.4. The van der Waals surface area contributed by atoms with E-state index in [1.807, 2.05) is 43.3 Å². The number of nitrogens with zero attached hydrogens (tertiary/aromatic N) is 2. The van der Waals surface area contributed by atoms with Crippen molar-refractivity contribution >= 4 is 38.8 Å². The van der Waals surface area contributed by atoms with Crippen molar-refractivity contribution in [2.45, 2.75) is 50.0 Å². The third-order valence-corrected chi connectivity index (χ3v) is 8.97. The van der Waals surface area contributed by atoms with E-state index in [9.17, 15) is 18.0 Å². The maximum atomic E-state index is 12.8. The summed E-state index contributed by atoms with van der Waals surface area (Å²) in [4.78, 5) is 31.3. The molecular weight excluding hydrogens is 502 g/mol. The molecule has 2 saturated carbocycles. The van der Waals surface area contributed by atoms with E-state index in [-0.39, 0.29) is 17.0 Å². The summed E-state index contributed by atoms with van der Waals surface area (Å²) >= 11 is 0. The molecule has 38 heavy (non-hydrogen) atoms. The van der Waals surface area contributed by atoms with E-state index in [2.05, 4.69) is 20.3 Å². The second kappa shape index (κ2) is 11.0. The van der Waals surface area contributed by atoms with Crippen LogP contribution in [0.15, 0.2) is 65.6 Å². The third kappa shape index (κ3) is 5.75. The summed E-state index contributed by atoms with van der Waals surface area (Å²) in [5.41, 5.74) is 1.69. The lowest BCUT2D eigenvalue weighted by Gasteiger charge is -2.22. The summed E-state index contributed by atoms with van der Waals surface area (Å²) in [6.07, 6.45) is 4.87. The molecule has 1 aromatic heterocycles. The quantitative estimate of drug-likeness (QED) is 0.400. The smallest absolute Gasteiger partial charge is 0.328 e. The minimum absolute atomic E-state index is 0.0212. The number of carbonyl (C=O) groups is 2. The van der Waals surface area contributed by atoms with E-state index in [1.54, 1.807) is 17.0 Å². The fraction of sp³-hybridized carbons (Fsp3) is 0.393. The molecule has 0 aliphatic heterocycles. The standard InChI is InChI=1S/C28H33N5O4S/c1-2-33(26-14-11-21-5-3-4-6-24(21)30-26)28(35)29-16-15-19-8-12-23(13-9-19)38(36,37)32-27(34)31-25-18-20-7-10-22(25)17-20/h3-6,8-9,11-14,20,22,25H,2,7,10,15-18H2,1H3,(H,29,35)(H2,31,32,34). The number of hydrogen-bond acceptors (Lipinski definition) is 5. The topological polar surface area (TPSA) is 121 Å². The Morgan fingerprint density at radius 3 is 2.50 bits per heavy atom.